The Labute approximate surface area is 107 Å². The Morgan fingerprint density at radius 2 is 2.22 bits per heavy atom. The summed E-state index contributed by atoms with van der Waals surface area (Å²) in [6, 6.07) is 9.93. The van der Waals surface area contributed by atoms with Gasteiger partial charge in [0.1, 0.15) is 12.6 Å². The monoisotopic (exact) mass is 249 g/mol. The highest BCUT2D eigenvalue weighted by Gasteiger charge is 2.19. The molecule has 0 bridgehead atoms. The minimum Gasteiger partial charge on any atom is -0.475 e. The van der Waals surface area contributed by atoms with E-state index in [1.807, 2.05) is 30.3 Å². The van der Waals surface area contributed by atoms with Gasteiger partial charge in [-0.1, -0.05) is 18.2 Å². The van der Waals surface area contributed by atoms with Crippen molar-refractivity contribution in [2.75, 3.05) is 19.8 Å². The van der Waals surface area contributed by atoms with Crippen molar-refractivity contribution in [1.82, 2.24) is 0 Å². The molecule has 0 amide bonds. The van der Waals surface area contributed by atoms with Crippen molar-refractivity contribution in [2.24, 2.45) is 4.99 Å². The first-order valence-electron chi connectivity index (χ1n) is 6.27. The van der Waals surface area contributed by atoms with Gasteiger partial charge in [0.2, 0.25) is 5.90 Å². The van der Waals surface area contributed by atoms with Crippen LogP contribution in [0.15, 0.2) is 35.3 Å². The molecule has 0 spiro atoms. The van der Waals surface area contributed by atoms with Gasteiger partial charge in [0.15, 0.2) is 0 Å². The van der Waals surface area contributed by atoms with Gasteiger partial charge in [-0.2, -0.15) is 0 Å². The first-order chi connectivity index (χ1) is 8.75. The van der Waals surface area contributed by atoms with E-state index in [9.17, 15) is 0 Å². The fraction of sp³-hybridized carbons (Fsp3) is 0.500. The zero-order valence-corrected chi connectivity index (χ0v) is 10.6. The van der Waals surface area contributed by atoms with E-state index < -0.39 is 0 Å². The Bertz CT molecular complexity index is 389. The molecule has 0 fully saturated rings. The summed E-state index contributed by atoms with van der Waals surface area (Å²) in [5.41, 5.74) is 1.00. The van der Waals surface area contributed by atoms with Crippen molar-refractivity contribution >= 4 is 5.90 Å². The molecule has 98 valence electrons. The van der Waals surface area contributed by atoms with Crippen molar-refractivity contribution in [3.8, 4) is 0 Å². The molecule has 1 aliphatic rings. The van der Waals surface area contributed by atoms with Crippen LogP contribution in [-0.4, -0.2) is 43.0 Å². The smallest absolute Gasteiger partial charge is 0.216 e. The molecule has 1 aliphatic heterocycles. The molecule has 1 aromatic rings. The van der Waals surface area contributed by atoms with Gasteiger partial charge in [0.05, 0.1) is 12.7 Å². The lowest BCUT2D eigenvalue weighted by atomic mass is 10.2. The van der Waals surface area contributed by atoms with Crippen LogP contribution in [0, 0.1) is 0 Å². The lowest BCUT2D eigenvalue weighted by molar-refractivity contribution is 0.0777. The van der Waals surface area contributed by atoms with Crippen molar-refractivity contribution < 1.29 is 14.6 Å². The Hall–Kier alpha value is -1.39. The maximum absolute atomic E-state index is 9.10. The van der Waals surface area contributed by atoms with Gasteiger partial charge in [-0.15, -0.1) is 0 Å². The fourth-order valence-corrected chi connectivity index (χ4v) is 1.71. The second-order valence-corrected chi connectivity index (χ2v) is 4.48. The number of nitrogens with zero attached hydrogens (tertiary/aromatic N) is 1. The average molecular weight is 249 g/mol. The predicted molar refractivity (Wildman–Crippen MR) is 69.8 cm³/mol. The van der Waals surface area contributed by atoms with E-state index in [4.69, 9.17) is 14.6 Å². The summed E-state index contributed by atoms with van der Waals surface area (Å²) < 4.78 is 11.0. The first kappa shape index (κ1) is 13.1. The van der Waals surface area contributed by atoms with E-state index >= 15 is 0 Å². The second kappa shape index (κ2) is 6.52. The van der Waals surface area contributed by atoms with Crippen LogP contribution in [-0.2, 0) is 9.47 Å². The fourth-order valence-electron chi connectivity index (χ4n) is 1.71. The quantitative estimate of drug-likeness (QED) is 0.779. The molecule has 0 aliphatic carbocycles. The van der Waals surface area contributed by atoms with Crippen molar-refractivity contribution in [3.63, 3.8) is 0 Å². The molecular weight excluding hydrogens is 230 g/mol. The topological polar surface area (TPSA) is 51.0 Å². The highest BCUT2D eigenvalue weighted by molar-refractivity contribution is 5.95. The summed E-state index contributed by atoms with van der Waals surface area (Å²) in [5.74, 6) is 0.694. The summed E-state index contributed by atoms with van der Waals surface area (Å²) in [4.78, 5) is 4.48. The molecule has 0 saturated heterocycles. The number of rotatable bonds is 6. The minimum absolute atomic E-state index is 0.0641. The first-order valence-corrected chi connectivity index (χ1v) is 6.27. The van der Waals surface area contributed by atoms with Gasteiger partial charge in [-0.3, -0.25) is 0 Å². The number of aliphatic imine (C=N–C) groups is 1. The molecule has 2 atom stereocenters. The lowest BCUT2D eigenvalue weighted by Crippen LogP contribution is -2.16. The summed E-state index contributed by atoms with van der Waals surface area (Å²) >= 11 is 0. The molecular formula is C14H19NO3. The van der Waals surface area contributed by atoms with Crippen LogP contribution in [0.5, 0.6) is 0 Å². The number of aliphatic hydroxyl groups is 1. The van der Waals surface area contributed by atoms with Gasteiger partial charge in [0.25, 0.3) is 0 Å². The third-order valence-electron chi connectivity index (χ3n) is 2.72. The Morgan fingerprint density at radius 3 is 2.94 bits per heavy atom. The van der Waals surface area contributed by atoms with Gasteiger partial charge < -0.3 is 14.6 Å². The second-order valence-electron chi connectivity index (χ2n) is 4.48. The Balaban J connectivity index is 1.78. The maximum atomic E-state index is 9.10. The van der Waals surface area contributed by atoms with E-state index in [0.717, 1.165) is 5.56 Å². The Morgan fingerprint density at radius 1 is 1.44 bits per heavy atom. The lowest BCUT2D eigenvalue weighted by Gasteiger charge is -2.07. The molecule has 1 aromatic carbocycles. The van der Waals surface area contributed by atoms with Crippen LogP contribution in [0.4, 0.5) is 0 Å². The van der Waals surface area contributed by atoms with E-state index in [1.54, 1.807) is 6.92 Å². The standard InChI is InChI=1S/C14H19NO3/c1-11(16)7-8-17-9-13-10-18-14(15-13)12-5-3-2-4-6-12/h2-6,11,13,16H,7-10H2,1H3. The normalized spacial score (nSPS) is 20.3. The zero-order chi connectivity index (χ0) is 12.8. The van der Waals surface area contributed by atoms with E-state index in [0.29, 0.717) is 32.1 Å². The zero-order valence-electron chi connectivity index (χ0n) is 10.6. The third kappa shape index (κ3) is 3.82. The van der Waals surface area contributed by atoms with Crippen molar-refractivity contribution in [2.45, 2.75) is 25.5 Å². The van der Waals surface area contributed by atoms with Gasteiger partial charge in [0, 0.05) is 12.2 Å². The molecule has 0 radical (unpaired) electrons. The van der Waals surface area contributed by atoms with Crippen LogP contribution in [0.25, 0.3) is 0 Å². The summed E-state index contributed by atoms with van der Waals surface area (Å²) in [6.45, 7) is 3.43. The molecule has 2 unspecified atom stereocenters. The number of hydrogen-bond donors (Lipinski definition) is 1. The van der Waals surface area contributed by atoms with E-state index in [-0.39, 0.29) is 12.1 Å². The molecule has 1 N–H and O–H groups in total. The Kier molecular flexibility index (Phi) is 4.73. The van der Waals surface area contributed by atoms with Gasteiger partial charge >= 0.3 is 0 Å². The number of ether oxygens (including phenoxy) is 2. The molecule has 4 nitrogen and oxygen atoms in total. The van der Waals surface area contributed by atoms with Gasteiger partial charge in [-0.05, 0) is 25.5 Å². The average Bonchev–Trinajstić information content (AvgIpc) is 2.84. The molecule has 2 rings (SSSR count). The van der Waals surface area contributed by atoms with Crippen LogP contribution in [0.3, 0.4) is 0 Å². The third-order valence-corrected chi connectivity index (χ3v) is 2.72. The minimum atomic E-state index is -0.312. The van der Waals surface area contributed by atoms with Crippen LogP contribution >= 0.6 is 0 Å². The highest BCUT2D eigenvalue weighted by atomic mass is 16.5. The van der Waals surface area contributed by atoms with Gasteiger partial charge in [-0.25, -0.2) is 4.99 Å². The van der Waals surface area contributed by atoms with Crippen molar-refractivity contribution in [3.05, 3.63) is 35.9 Å². The van der Waals surface area contributed by atoms with E-state index in [1.165, 1.54) is 0 Å². The van der Waals surface area contributed by atoms with Crippen LogP contribution in [0.1, 0.15) is 18.9 Å². The largest absolute Gasteiger partial charge is 0.475 e. The number of hydrogen-bond acceptors (Lipinski definition) is 4. The number of aliphatic hydroxyl groups excluding tert-OH is 1. The number of benzene rings is 1. The molecule has 0 saturated carbocycles. The molecule has 0 aromatic heterocycles. The molecule has 18 heavy (non-hydrogen) atoms. The van der Waals surface area contributed by atoms with E-state index in [2.05, 4.69) is 4.99 Å². The van der Waals surface area contributed by atoms with Crippen LogP contribution in [0.2, 0.25) is 0 Å². The summed E-state index contributed by atoms with van der Waals surface area (Å²) in [6.07, 6.45) is 0.344. The van der Waals surface area contributed by atoms with Crippen molar-refractivity contribution in [1.29, 1.82) is 0 Å². The molecule has 4 heteroatoms. The maximum Gasteiger partial charge on any atom is 0.216 e. The predicted octanol–water partition coefficient (Wildman–Crippen LogP) is 1.62. The summed E-state index contributed by atoms with van der Waals surface area (Å²) in [5, 5.41) is 9.10. The molecule has 1 heterocycles. The summed E-state index contributed by atoms with van der Waals surface area (Å²) in [7, 11) is 0. The highest BCUT2D eigenvalue weighted by Crippen LogP contribution is 2.12. The van der Waals surface area contributed by atoms with Crippen LogP contribution < -0.4 is 0 Å². The SMILES string of the molecule is CC(O)CCOCC1COC(c2ccccc2)=N1.